The number of carbonyl (C=O) groups excluding carboxylic acids is 2. The van der Waals surface area contributed by atoms with E-state index in [1.807, 2.05) is 48.7 Å². The van der Waals surface area contributed by atoms with Crippen LogP contribution < -0.4 is 5.73 Å². The van der Waals surface area contributed by atoms with Crippen LogP contribution in [0.5, 0.6) is 0 Å². The van der Waals surface area contributed by atoms with Crippen LogP contribution in [0.3, 0.4) is 0 Å². The van der Waals surface area contributed by atoms with Crippen molar-refractivity contribution in [3.05, 3.63) is 71.9 Å². The Bertz CT molecular complexity index is 981. The van der Waals surface area contributed by atoms with Gasteiger partial charge < -0.3 is 19.9 Å². The van der Waals surface area contributed by atoms with Crippen molar-refractivity contribution in [1.82, 2.24) is 9.47 Å². The van der Waals surface area contributed by atoms with E-state index in [1.165, 1.54) is 0 Å². The maximum atomic E-state index is 13.2. The maximum absolute atomic E-state index is 13.2. The molecule has 138 valence electrons. The van der Waals surface area contributed by atoms with Gasteiger partial charge in [0.15, 0.2) is 6.10 Å². The summed E-state index contributed by atoms with van der Waals surface area (Å²) in [6.45, 7) is 1.62. The van der Waals surface area contributed by atoms with Crippen molar-refractivity contribution in [2.45, 2.75) is 12.6 Å². The summed E-state index contributed by atoms with van der Waals surface area (Å²) in [5.41, 5.74) is 8.14. The predicted molar refractivity (Wildman–Crippen MR) is 102 cm³/mol. The van der Waals surface area contributed by atoms with Gasteiger partial charge in [-0.2, -0.15) is 0 Å². The van der Waals surface area contributed by atoms with E-state index in [4.69, 9.17) is 10.5 Å². The molecule has 4 rings (SSSR count). The zero-order chi connectivity index (χ0) is 18.8. The Kier molecular flexibility index (Phi) is 4.64. The average Bonchev–Trinajstić information content (AvgIpc) is 3.07. The number of rotatable bonds is 4. The molecule has 0 saturated carbocycles. The molecule has 2 aromatic carbocycles. The summed E-state index contributed by atoms with van der Waals surface area (Å²) in [5, 5.41) is 0.903. The van der Waals surface area contributed by atoms with Gasteiger partial charge in [0.25, 0.3) is 5.91 Å². The fourth-order valence-corrected chi connectivity index (χ4v) is 3.50. The number of carbonyl (C=O) groups is 2. The van der Waals surface area contributed by atoms with Gasteiger partial charge in [-0.15, -0.1) is 0 Å². The van der Waals surface area contributed by atoms with Crippen LogP contribution in [-0.4, -0.2) is 47.1 Å². The Morgan fingerprint density at radius 1 is 1.07 bits per heavy atom. The molecule has 1 atom stereocenters. The van der Waals surface area contributed by atoms with Crippen molar-refractivity contribution in [1.29, 1.82) is 0 Å². The number of nitrogens with two attached hydrogens (primary N) is 1. The Labute approximate surface area is 157 Å². The fraction of sp³-hybridized carbons (Fsp3) is 0.238. The van der Waals surface area contributed by atoms with Gasteiger partial charge in [-0.05, 0) is 11.6 Å². The average molecular weight is 363 g/mol. The molecule has 1 aliphatic heterocycles. The van der Waals surface area contributed by atoms with Crippen LogP contribution in [0, 0.1) is 0 Å². The van der Waals surface area contributed by atoms with Crippen LogP contribution in [0.15, 0.2) is 60.8 Å². The fourth-order valence-electron chi connectivity index (χ4n) is 3.50. The first-order valence-electron chi connectivity index (χ1n) is 8.95. The van der Waals surface area contributed by atoms with E-state index in [0.717, 1.165) is 16.5 Å². The van der Waals surface area contributed by atoms with Crippen LogP contribution >= 0.6 is 0 Å². The number of benzene rings is 2. The lowest BCUT2D eigenvalue weighted by Gasteiger charge is -2.31. The summed E-state index contributed by atoms with van der Waals surface area (Å²) in [7, 11) is 0. The number of hydrogen-bond donors (Lipinski definition) is 1. The number of amides is 2. The van der Waals surface area contributed by atoms with Gasteiger partial charge >= 0.3 is 0 Å². The maximum Gasteiger partial charge on any atom is 0.256 e. The lowest BCUT2D eigenvalue weighted by atomic mass is 10.1. The highest BCUT2D eigenvalue weighted by atomic mass is 16.5. The second-order valence-corrected chi connectivity index (χ2v) is 6.69. The zero-order valence-electron chi connectivity index (χ0n) is 14.9. The van der Waals surface area contributed by atoms with Crippen LogP contribution in [0.1, 0.15) is 15.9 Å². The van der Waals surface area contributed by atoms with Crippen LogP contribution in [-0.2, 0) is 16.1 Å². The first-order valence-corrected chi connectivity index (χ1v) is 8.95. The van der Waals surface area contributed by atoms with E-state index in [1.54, 1.807) is 4.90 Å². The molecule has 1 fully saturated rings. The van der Waals surface area contributed by atoms with Gasteiger partial charge in [0.1, 0.15) is 0 Å². The first kappa shape index (κ1) is 17.3. The van der Waals surface area contributed by atoms with Crippen molar-refractivity contribution in [2.75, 3.05) is 19.7 Å². The number of primary amides is 1. The summed E-state index contributed by atoms with van der Waals surface area (Å²) in [5.74, 6) is -0.647. The quantitative estimate of drug-likeness (QED) is 0.770. The number of para-hydroxylation sites is 1. The van der Waals surface area contributed by atoms with Crippen molar-refractivity contribution in [3.8, 4) is 0 Å². The Hall–Kier alpha value is -3.12. The van der Waals surface area contributed by atoms with E-state index in [0.29, 0.717) is 25.3 Å². The van der Waals surface area contributed by atoms with Gasteiger partial charge in [-0.3, -0.25) is 9.59 Å². The van der Waals surface area contributed by atoms with Gasteiger partial charge in [-0.1, -0.05) is 48.5 Å². The van der Waals surface area contributed by atoms with E-state index in [2.05, 4.69) is 16.7 Å². The van der Waals surface area contributed by atoms with E-state index >= 15 is 0 Å². The number of ether oxygens (including phenoxy) is 1. The van der Waals surface area contributed by atoms with E-state index < -0.39 is 12.0 Å². The molecular weight excluding hydrogens is 342 g/mol. The van der Waals surface area contributed by atoms with E-state index in [-0.39, 0.29) is 12.5 Å². The van der Waals surface area contributed by atoms with Gasteiger partial charge in [0.05, 0.1) is 18.7 Å². The summed E-state index contributed by atoms with van der Waals surface area (Å²) < 4.78 is 7.44. The number of fused-ring (bicyclic) bond motifs is 1. The summed E-state index contributed by atoms with van der Waals surface area (Å²) in [4.78, 5) is 26.2. The molecule has 27 heavy (non-hydrogen) atoms. The lowest BCUT2D eigenvalue weighted by molar-refractivity contribution is -0.133. The van der Waals surface area contributed by atoms with Crippen molar-refractivity contribution < 1.29 is 14.3 Å². The molecule has 1 aliphatic rings. The molecule has 6 nitrogen and oxygen atoms in total. The van der Waals surface area contributed by atoms with E-state index in [9.17, 15) is 9.59 Å². The van der Waals surface area contributed by atoms with Crippen LogP contribution in [0.4, 0.5) is 0 Å². The molecular formula is C21H21N3O3. The van der Waals surface area contributed by atoms with Crippen molar-refractivity contribution >= 4 is 22.7 Å². The lowest BCUT2D eigenvalue weighted by Crippen LogP contribution is -2.50. The molecule has 6 heteroatoms. The largest absolute Gasteiger partial charge is 0.367 e. The Morgan fingerprint density at radius 2 is 1.81 bits per heavy atom. The van der Waals surface area contributed by atoms with Crippen molar-refractivity contribution in [3.63, 3.8) is 0 Å². The topological polar surface area (TPSA) is 77.6 Å². The summed E-state index contributed by atoms with van der Waals surface area (Å²) in [6, 6.07) is 18.0. The van der Waals surface area contributed by atoms with Gasteiger partial charge in [-0.25, -0.2) is 0 Å². The zero-order valence-corrected chi connectivity index (χ0v) is 14.9. The molecule has 1 aromatic heterocycles. The monoisotopic (exact) mass is 363 g/mol. The molecule has 1 unspecified atom stereocenters. The molecule has 3 aromatic rings. The number of nitrogens with zero attached hydrogens (tertiary/aromatic N) is 2. The highest BCUT2D eigenvalue weighted by Gasteiger charge is 2.29. The number of morpholine rings is 1. The molecule has 2 amide bonds. The minimum atomic E-state index is -0.750. The second kappa shape index (κ2) is 7.25. The third kappa shape index (κ3) is 3.44. The summed E-state index contributed by atoms with van der Waals surface area (Å²) in [6.07, 6.45) is 1.15. The van der Waals surface area contributed by atoms with Crippen LogP contribution in [0.25, 0.3) is 10.9 Å². The molecule has 2 heterocycles. The number of hydrogen-bond acceptors (Lipinski definition) is 3. The Balaban J connectivity index is 1.67. The number of aromatic nitrogens is 1. The second-order valence-electron chi connectivity index (χ2n) is 6.69. The molecule has 0 radical (unpaired) electrons. The van der Waals surface area contributed by atoms with Gasteiger partial charge in [0.2, 0.25) is 5.91 Å². The standard InChI is InChI=1S/C21H21N3O3/c22-20(25)19-14-23(10-11-27-19)21(26)17-13-24(12-15-6-2-1-3-7-15)18-9-5-4-8-16(17)18/h1-9,13,19H,10-12,14H2,(H2,22,25). The minimum absolute atomic E-state index is 0.104. The smallest absolute Gasteiger partial charge is 0.256 e. The summed E-state index contributed by atoms with van der Waals surface area (Å²) >= 11 is 0. The van der Waals surface area contributed by atoms with Crippen LogP contribution in [0.2, 0.25) is 0 Å². The molecule has 2 N–H and O–H groups in total. The molecule has 1 saturated heterocycles. The Morgan fingerprint density at radius 3 is 2.59 bits per heavy atom. The molecule has 0 aliphatic carbocycles. The third-order valence-corrected chi connectivity index (χ3v) is 4.89. The predicted octanol–water partition coefficient (Wildman–Crippen LogP) is 2.02. The molecule has 0 spiro atoms. The molecule has 0 bridgehead atoms. The third-order valence-electron chi connectivity index (χ3n) is 4.89. The van der Waals surface area contributed by atoms with Crippen molar-refractivity contribution in [2.24, 2.45) is 5.73 Å². The highest BCUT2D eigenvalue weighted by molar-refractivity contribution is 6.07. The highest BCUT2D eigenvalue weighted by Crippen LogP contribution is 2.24. The normalized spacial score (nSPS) is 17.2. The first-order chi connectivity index (χ1) is 13.1. The SMILES string of the molecule is NC(=O)C1CN(C(=O)c2cn(Cc3ccccc3)c3ccccc23)CCO1. The van der Waals surface area contributed by atoms with Gasteiger partial charge in [0, 0.05) is 30.2 Å². The minimum Gasteiger partial charge on any atom is -0.367 e.